The molecule has 4 heterocycles. The van der Waals surface area contributed by atoms with Gasteiger partial charge in [-0.2, -0.15) is 0 Å². The van der Waals surface area contributed by atoms with E-state index in [1.807, 2.05) is 13.0 Å². The van der Waals surface area contributed by atoms with E-state index in [9.17, 15) is 10.2 Å². The van der Waals surface area contributed by atoms with E-state index >= 15 is 0 Å². The molecule has 2 unspecified atom stereocenters. The van der Waals surface area contributed by atoms with Crippen LogP contribution in [0.4, 0.5) is 5.82 Å². The summed E-state index contributed by atoms with van der Waals surface area (Å²) in [5.41, 5.74) is 4.46. The number of piperidine rings is 1. The number of nitrogens with zero attached hydrogens (tertiary/aromatic N) is 4. The first-order chi connectivity index (χ1) is 18.0. The van der Waals surface area contributed by atoms with Crippen LogP contribution in [0.15, 0.2) is 18.2 Å². The van der Waals surface area contributed by atoms with Crippen molar-refractivity contribution in [2.24, 2.45) is 0 Å². The number of ether oxygens (including phenoxy) is 2. The van der Waals surface area contributed by atoms with Gasteiger partial charge in [-0.3, -0.25) is 4.90 Å². The normalized spacial score (nSPS) is 29.1. The molecule has 8 nitrogen and oxygen atoms in total. The first-order valence-corrected chi connectivity index (χ1v) is 14.0. The predicted octanol–water partition coefficient (Wildman–Crippen LogP) is 2.44. The number of fused-ring (bicyclic) bond motifs is 1. The fourth-order valence-electron chi connectivity index (χ4n) is 6.94. The Bertz CT molecular complexity index is 1130. The summed E-state index contributed by atoms with van der Waals surface area (Å²) < 4.78 is 11.2. The lowest BCUT2D eigenvalue weighted by Crippen LogP contribution is -2.48. The molecule has 6 rings (SSSR count). The van der Waals surface area contributed by atoms with Crippen molar-refractivity contribution in [3.8, 4) is 0 Å². The Balaban J connectivity index is 1.29. The molecule has 0 bridgehead atoms. The van der Waals surface area contributed by atoms with Crippen LogP contribution in [0.2, 0.25) is 0 Å². The molecule has 37 heavy (non-hydrogen) atoms. The third-order valence-electron chi connectivity index (χ3n) is 9.07. The zero-order valence-corrected chi connectivity index (χ0v) is 22.2. The molecular formula is C29H40N4O4. The number of anilines is 1. The first-order valence-electron chi connectivity index (χ1n) is 14.0. The fraction of sp³-hybridized carbons (Fsp3) is 0.655. The van der Waals surface area contributed by atoms with Gasteiger partial charge < -0.3 is 24.6 Å². The molecule has 4 aliphatic rings. The topological polar surface area (TPSA) is 91.2 Å². The zero-order chi connectivity index (χ0) is 25.6. The standard InChI is InChI=1S/C29H40N4O4/c1-19-13-22-3-7-29(35,27-15-28(31-20(2)30-27)33-10-12-37-18-24(33)16-34)26(22)14-25(19)21-4-8-32(9-5-21)23-6-11-36-17-23/h13-15,21,23-24,34-35H,3-12,16-18H2,1-2H3/t23?,24-,29?/m1/s1. The van der Waals surface area contributed by atoms with Gasteiger partial charge in [-0.25, -0.2) is 9.97 Å². The van der Waals surface area contributed by atoms with Gasteiger partial charge in [0.1, 0.15) is 17.2 Å². The Morgan fingerprint density at radius 2 is 1.81 bits per heavy atom. The summed E-state index contributed by atoms with van der Waals surface area (Å²) in [7, 11) is 0. The minimum atomic E-state index is -1.14. The van der Waals surface area contributed by atoms with Crippen LogP contribution in [0.5, 0.6) is 0 Å². The average molecular weight is 509 g/mol. The first kappa shape index (κ1) is 25.2. The highest BCUT2D eigenvalue weighted by Gasteiger charge is 2.42. The Labute approximate surface area is 219 Å². The molecule has 3 saturated heterocycles. The molecule has 0 radical (unpaired) electrons. The lowest BCUT2D eigenvalue weighted by Gasteiger charge is -2.37. The van der Waals surface area contributed by atoms with E-state index in [0.29, 0.717) is 49.7 Å². The number of aliphatic hydroxyl groups is 2. The van der Waals surface area contributed by atoms with Crippen LogP contribution in [0.25, 0.3) is 0 Å². The van der Waals surface area contributed by atoms with E-state index in [4.69, 9.17) is 14.5 Å². The molecule has 2 aromatic rings. The number of aliphatic hydroxyl groups excluding tert-OH is 1. The molecule has 200 valence electrons. The lowest BCUT2D eigenvalue weighted by atomic mass is 9.82. The van der Waals surface area contributed by atoms with Gasteiger partial charge in [-0.15, -0.1) is 0 Å². The van der Waals surface area contributed by atoms with Crippen molar-refractivity contribution >= 4 is 5.82 Å². The number of morpholine rings is 1. The van der Waals surface area contributed by atoms with Gasteiger partial charge in [0, 0.05) is 25.3 Å². The van der Waals surface area contributed by atoms with Gasteiger partial charge >= 0.3 is 0 Å². The Kier molecular flexibility index (Phi) is 6.96. The molecule has 3 aliphatic heterocycles. The van der Waals surface area contributed by atoms with E-state index in [0.717, 1.165) is 63.4 Å². The maximum absolute atomic E-state index is 12.2. The number of aromatic nitrogens is 2. The van der Waals surface area contributed by atoms with Crippen molar-refractivity contribution in [2.45, 2.75) is 69.6 Å². The molecule has 0 spiro atoms. The van der Waals surface area contributed by atoms with Crippen LogP contribution in [-0.2, 0) is 21.5 Å². The average Bonchev–Trinajstić information content (AvgIpc) is 3.57. The zero-order valence-electron chi connectivity index (χ0n) is 22.2. The Morgan fingerprint density at radius 3 is 2.57 bits per heavy atom. The molecule has 1 aromatic carbocycles. The van der Waals surface area contributed by atoms with Gasteiger partial charge in [0.25, 0.3) is 0 Å². The quantitative estimate of drug-likeness (QED) is 0.637. The summed E-state index contributed by atoms with van der Waals surface area (Å²) in [6, 6.07) is 6.96. The van der Waals surface area contributed by atoms with Crippen molar-refractivity contribution < 1.29 is 19.7 Å². The predicted molar refractivity (Wildman–Crippen MR) is 141 cm³/mol. The Morgan fingerprint density at radius 1 is 1.00 bits per heavy atom. The highest BCUT2D eigenvalue weighted by molar-refractivity contribution is 5.52. The number of likely N-dealkylation sites (tertiary alicyclic amines) is 1. The minimum absolute atomic E-state index is 0.000704. The van der Waals surface area contributed by atoms with Crippen molar-refractivity contribution in [1.82, 2.24) is 14.9 Å². The molecule has 0 saturated carbocycles. The number of hydrogen-bond donors (Lipinski definition) is 2. The number of hydrogen-bond acceptors (Lipinski definition) is 8. The van der Waals surface area contributed by atoms with E-state index in [1.54, 1.807) is 0 Å². The van der Waals surface area contributed by atoms with Gasteiger partial charge in [0.2, 0.25) is 0 Å². The summed E-state index contributed by atoms with van der Waals surface area (Å²) >= 11 is 0. The Hall–Kier alpha value is -2.10. The second-order valence-electron chi connectivity index (χ2n) is 11.3. The molecule has 1 aliphatic carbocycles. The second kappa shape index (κ2) is 10.2. The van der Waals surface area contributed by atoms with Crippen LogP contribution in [0, 0.1) is 13.8 Å². The van der Waals surface area contributed by atoms with E-state index in [-0.39, 0.29) is 12.6 Å². The summed E-state index contributed by atoms with van der Waals surface area (Å²) in [5, 5.41) is 22.1. The van der Waals surface area contributed by atoms with Gasteiger partial charge in [-0.05, 0) is 87.2 Å². The maximum atomic E-state index is 12.2. The van der Waals surface area contributed by atoms with Crippen molar-refractivity contribution in [1.29, 1.82) is 0 Å². The van der Waals surface area contributed by atoms with Crippen LogP contribution < -0.4 is 4.90 Å². The van der Waals surface area contributed by atoms with Gasteiger partial charge in [0.05, 0.1) is 38.2 Å². The second-order valence-corrected chi connectivity index (χ2v) is 11.3. The van der Waals surface area contributed by atoms with Gasteiger partial charge in [0.15, 0.2) is 0 Å². The van der Waals surface area contributed by atoms with Crippen LogP contribution >= 0.6 is 0 Å². The summed E-state index contributed by atoms with van der Waals surface area (Å²) in [6.07, 6.45) is 4.89. The maximum Gasteiger partial charge on any atom is 0.133 e. The smallest absolute Gasteiger partial charge is 0.133 e. The fourth-order valence-corrected chi connectivity index (χ4v) is 6.94. The summed E-state index contributed by atoms with van der Waals surface area (Å²) in [5.74, 6) is 1.89. The third-order valence-corrected chi connectivity index (χ3v) is 9.07. The van der Waals surface area contributed by atoms with E-state index in [2.05, 4.69) is 33.8 Å². The lowest BCUT2D eigenvalue weighted by molar-refractivity contribution is 0.0713. The molecule has 3 fully saturated rings. The third kappa shape index (κ3) is 4.68. The molecule has 8 heteroatoms. The van der Waals surface area contributed by atoms with Crippen LogP contribution in [-0.4, -0.2) is 89.8 Å². The summed E-state index contributed by atoms with van der Waals surface area (Å²) in [4.78, 5) is 14.1. The molecule has 0 amide bonds. The highest BCUT2D eigenvalue weighted by atomic mass is 16.5. The monoisotopic (exact) mass is 508 g/mol. The molecule has 1 aromatic heterocycles. The number of benzene rings is 1. The van der Waals surface area contributed by atoms with Crippen molar-refractivity contribution in [3.63, 3.8) is 0 Å². The van der Waals surface area contributed by atoms with E-state index in [1.165, 1.54) is 16.7 Å². The molecule has 3 atom stereocenters. The van der Waals surface area contributed by atoms with Crippen molar-refractivity contribution in [2.75, 3.05) is 57.6 Å². The largest absolute Gasteiger partial charge is 0.394 e. The number of rotatable bonds is 5. The van der Waals surface area contributed by atoms with Gasteiger partial charge in [-0.1, -0.05) is 12.1 Å². The van der Waals surface area contributed by atoms with Crippen LogP contribution in [0.3, 0.4) is 0 Å². The van der Waals surface area contributed by atoms with Crippen molar-refractivity contribution in [3.05, 3.63) is 52.0 Å². The highest BCUT2D eigenvalue weighted by Crippen LogP contribution is 2.45. The number of aryl methyl sites for hydroxylation is 3. The SMILES string of the molecule is Cc1nc(N2CCOC[C@H]2CO)cc(C2(O)CCc3cc(C)c(C4CCN(C5CCOC5)CC4)cc32)n1. The van der Waals surface area contributed by atoms with E-state index < -0.39 is 5.60 Å². The molecular weight excluding hydrogens is 468 g/mol. The van der Waals surface area contributed by atoms with Crippen LogP contribution in [0.1, 0.15) is 65.4 Å². The minimum Gasteiger partial charge on any atom is -0.394 e. The molecule has 2 N–H and O–H groups in total. The summed E-state index contributed by atoms with van der Waals surface area (Å²) in [6.45, 7) is 9.82.